The Bertz CT molecular complexity index is 1150. The second-order valence-electron chi connectivity index (χ2n) is 10.4. The van der Waals surface area contributed by atoms with Crippen LogP contribution in [0.5, 0.6) is 5.75 Å². The molecule has 11 heteroatoms. The Morgan fingerprint density at radius 1 is 1.20 bits per heavy atom. The average molecular weight is 577 g/mol. The predicted octanol–water partition coefficient (Wildman–Crippen LogP) is 3.96. The highest BCUT2D eigenvalue weighted by Gasteiger charge is 2.28. The zero-order valence-electron chi connectivity index (χ0n) is 24.1. The van der Waals surface area contributed by atoms with Crippen LogP contribution in [-0.2, 0) is 27.2 Å². The van der Waals surface area contributed by atoms with E-state index in [0.717, 1.165) is 50.2 Å². The zero-order chi connectivity index (χ0) is 29.8. The minimum absolute atomic E-state index is 0.0633. The summed E-state index contributed by atoms with van der Waals surface area (Å²) in [6.45, 7) is 2.96. The van der Waals surface area contributed by atoms with Crippen molar-refractivity contribution in [2.75, 3.05) is 52.4 Å². The van der Waals surface area contributed by atoms with E-state index in [1.54, 1.807) is 6.07 Å². The molecule has 41 heavy (non-hydrogen) atoms. The van der Waals surface area contributed by atoms with E-state index in [1.165, 1.54) is 38.8 Å². The van der Waals surface area contributed by atoms with Crippen LogP contribution in [0, 0.1) is 5.82 Å². The highest BCUT2D eigenvalue weighted by atomic mass is 19.1. The monoisotopic (exact) mass is 576 g/mol. The Hall–Kier alpha value is -3.31. The van der Waals surface area contributed by atoms with Crippen molar-refractivity contribution in [3.63, 3.8) is 0 Å². The highest BCUT2D eigenvalue weighted by Crippen LogP contribution is 2.29. The number of rotatable bonds is 17. The molecule has 2 aromatic rings. The van der Waals surface area contributed by atoms with Gasteiger partial charge in [0.15, 0.2) is 0 Å². The molecule has 1 aromatic heterocycles. The van der Waals surface area contributed by atoms with Crippen molar-refractivity contribution < 1.29 is 33.0 Å². The van der Waals surface area contributed by atoms with Gasteiger partial charge in [-0.2, -0.15) is 0 Å². The van der Waals surface area contributed by atoms with E-state index >= 15 is 0 Å². The lowest BCUT2D eigenvalue weighted by Crippen LogP contribution is -2.45. The third-order valence-electron chi connectivity index (χ3n) is 7.48. The Balaban J connectivity index is 1.57. The number of carbonyl (C=O) groups excluding carboxylic acids is 1. The van der Waals surface area contributed by atoms with Gasteiger partial charge < -0.3 is 30.1 Å². The molecule has 226 valence electrons. The fraction of sp³-hybridized carbons (Fsp3) is 0.567. The maximum absolute atomic E-state index is 14.5. The normalized spacial score (nSPS) is 15.0. The molecule has 0 saturated heterocycles. The molecule has 2 heterocycles. The van der Waals surface area contributed by atoms with Gasteiger partial charge in [0.05, 0.1) is 19.1 Å². The van der Waals surface area contributed by atoms with E-state index < -0.39 is 42.4 Å². The number of alkyl halides is 1. The van der Waals surface area contributed by atoms with Gasteiger partial charge in [0.2, 0.25) is 5.91 Å². The number of unbranched alkanes of at least 4 members (excludes halogenated alkanes) is 1. The predicted molar refractivity (Wildman–Crippen MR) is 153 cm³/mol. The molecule has 1 aliphatic rings. The van der Waals surface area contributed by atoms with Gasteiger partial charge in [0.25, 0.3) is 0 Å². The Morgan fingerprint density at radius 2 is 2.00 bits per heavy atom. The lowest BCUT2D eigenvalue weighted by molar-refractivity contribution is -0.142. The molecule has 0 radical (unpaired) electrons. The molecule has 0 aliphatic carbocycles. The second kappa shape index (κ2) is 16.2. The molecule has 0 saturated carbocycles. The minimum atomic E-state index is -1.20. The SMILES string of the molecule is COc1cccc(F)c1C(C)C(=O)N[C@@H](CCN(CCCCc1ccc2c(n1)NCCC2)C[C@@H](CF)OC)C(=O)O. The first-order valence-corrected chi connectivity index (χ1v) is 14.2. The number of aryl methyl sites for hydroxylation is 2. The van der Waals surface area contributed by atoms with Gasteiger partial charge in [0.1, 0.15) is 30.1 Å². The number of halogens is 2. The van der Waals surface area contributed by atoms with Gasteiger partial charge in [-0.25, -0.2) is 18.6 Å². The molecule has 0 fully saturated rings. The van der Waals surface area contributed by atoms with Gasteiger partial charge in [0, 0.05) is 38.0 Å². The summed E-state index contributed by atoms with van der Waals surface area (Å²) >= 11 is 0. The number of nitrogens with one attached hydrogen (secondary N) is 2. The molecule has 3 atom stereocenters. The number of pyridine rings is 1. The van der Waals surface area contributed by atoms with Gasteiger partial charge in [-0.05, 0) is 75.8 Å². The lowest BCUT2D eigenvalue weighted by atomic mass is 9.98. The van der Waals surface area contributed by atoms with Crippen molar-refractivity contribution in [1.29, 1.82) is 0 Å². The molecule has 1 aliphatic heterocycles. The van der Waals surface area contributed by atoms with E-state index in [9.17, 15) is 23.5 Å². The number of hydrogen-bond acceptors (Lipinski definition) is 7. The van der Waals surface area contributed by atoms with Crippen molar-refractivity contribution in [3.05, 3.63) is 53.0 Å². The fourth-order valence-corrected chi connectivity index (χ4v) is 5.03. The molecular formula is C30H42F2N4O5. The molecular weight excluding hydrogens is 534 g/mol. The minimum Gasteiger partial charge on any atom is -0.496 e. The third-order valence-corrected chi connectivity index (χ3v) is 7.48. The van der Waals surface area contributed by atoms with E-state index in [2.05, 4.69) is 22.8 Å². The summed E-state index contributed by atoms with van der Waals surface area (Å²) in [4.78, 5) is 31.7. The number of benzene rings is 1. The number of aliphatic carboxylic acids is 1. The van der Waals surface area contributed by atoms with E-state index in [-0.39, 0.29) is 24.3 Å². The van der Waals surface area contributed by atoms with Crippen LogP contribution < -0.4 is 15.4 Å². The standard InChI is InChI=1S/C30H42F2N4O5/c1-20(27-24(32)10-6-11-26(27)41-3)29(37)35-25(30(38)39)14-17-36(19-23(18-31)40-2)16-5-4-9-22-13-12-21-8-7-15-33-28(21)34-22/h6,10-13,20,23,25H,4-5,7-9,14-19H2,1-3H3,(H,33,34)(H,35,37)(H,38,39)/t20?,23-,25+/m1/s1. The molecule has 1 unspecified atom stereocenters. The van der Waals surface area contributed by atoms with Crippen LogP contribution in [0.4, 0.5) is 14.6 Å². The number of carboxylic acids is 1. The summed E-state index contributed by atoms with van der Waals surface area (Å²) in [5.74, 6) is -2.23. The summed E-state index contributed by atoms with van der Waals surface area (Å²) in [5.41, 5.74) is 2.32. The Morgan fingerprint density at radius 3 is 2.71 bits per heavy atom. The van der Waals surface area contributed by atoms with Gasteiger partial charge in [-0.1, -0.05) is 12.1 Å². The van der Waals surface area contributed by atoms with E-state index in [4.69, 9.17) is 14.5 Å². The van der Waals surface area contributed by atoms with E-state index in [1.807, 2.05) is 4.90 Å². The van der Waals surface area contributed by atoms with Crippen LogP contribution in [0.15, 0.2) is 30.3 Å². The first-order chi connectivity index (χ1) is 19.8. The Labute approximate surface area is 240 Å². The van der Waals surface area contributed by atoms with Crippen molar-refractivity contribution >= 4 is 17.7 Å². The molecule has 3 rings (SSSR count). The number of carbonyl (C=O) groups is 2. The summed E-state index contributed by atoms with van der Waals surface area (Å²) in [6.07, 6.45) is 4.04. The summed E-state index contributed by atoms with van der Waals surface area (Å²) in [7, 11) is 2.82. The van der Waals surface area contributed by atoms with Crippen LogP contribution in [0.25, 0.3) is 0 Å². The van der Waals surface area contributed by atoms with Crippen LogP contribution in [0.3, 0.4) is 0 Å². The lowest BCUT2D eigenvalue weighted by Gasteiger charge is -2.27. The van der Waals surface area contributed by atoms with Crippen LogP contribution >= 0.6 is 0 Å². The van der Waals surface area contributed by atoms with Crippen molar-refractivity contribution in [1.82, 2.24) is 15.2 Å². The number of anilines is 1. The summed E-state index contributed by atoms with van der Waals surface area (Å²) in [6, 6.07) is 7.23. The number of hydrogen-bond donors (Lipinski definition) is 3. The van der Waals surface area contributed by atoms with Gasteiger partial charge in [-0.15, -0.1) is 0 Å². The first kappa shape index (κ1) is 32.2. The first-order valence-electron chi connectivity index (χ1n) is 14.2. The van der Waals surface area contributed by atoms with Crippen molar-refractivity contribution in [2.45, 2.75) is 63.5 Å². The highest BCUT2D eigenvalue weighted by molar-refractivity contribution is 5.88. The number of ether oxygens (including phenoxy) is 2. The number of nitrogens with zero attached hydrogens (tertiary/aromatic N) is 2. The molecule has 0 bridgehead atoms. The molecule has 9 nitrogen and oxygen atoms in total. The van der Waals surface area contributed by atoms with Gasteiger partial charge >= 0.3 is 5.97 Å². The quantitative estimate of drug-likeness (QED) is 0.243. The zero-order valence-corrected chi connectivity index (χ0v) is 24.1. The van der Waals surface area contributed by atoms with Crippen LogP contribution in [0.2, 0.25) is 0 Å². The molecule has 1 aromatic carbocycles. The van der Waals surface area contributed by atoms with Crippen molar-refractivity contribution in [2.24, 2.45) is 0 Å². The summed E-state index contributed by atoms with van der Waals surface area (Å²) < 4.78 is 38.4. The van der Waals surface area contributed by atoms with Gasteiger partial charge in [-0.3, -0.25) is 4.79 Å². The maximum atomic E-state index is 14.5. The molecule has 1 amide bonds. The Kier molecular flexibility index (Phi) is 12.7. The third kappa shape index (κ3) is 9.36. The fourth-order valence-electron chi connectivity index (χ4n) is 5.03. The number of amides is 1. The number of aromatic nitrogens is 1. The average Bonchev–Trinajstić information content (AvgIpc) is 2.98. The smallest absolute Gasteiger partial charge is 0.326 e. The topological polar surface area (TPSA) is 113 Å². The molecule has 3 N–H and O–H groups in total. The summed E-state index contributed by atoms with van der Waals surface area (Å²) in [5, 5.41) is 15.7. The van der Waals surface area contributed by atoms with Crippen LogP contribution in [0.1, 0.15) is 55.3 Å². The largest absolute Gasteiger partial charge is 0.496 e. The number of fused-ring (bicyclic) bond motifs is 1. The van der Waals surface area contributed by atoms with Crippen molar-refractivity contribution in [3.8, 4) is 5.75 Å². The molecule has 0 spiro atoms. The van der Waals surface area contributed by atoms with Crippen LogP contribution in [-0.4, -0.2) is 86.1 Å². The number of methoxy groups -OCH3 is 2. The van der Waals surface area contributed by atoms with E-state index in [0.29, 0.717) is 13.1 Å². The number of carboxylic acid groups (broad SMARTS) is 1. The second-order valence-corrected chi connectivity index (χ2v) is 10.4. The maximum Gasteiger partial charge on any atom is 0.326 e.